The Morgan fingerprint density at radius 2 is 1.62 bits per heavy atom. The van der Waals surface area contributed by atoms with Gasteiger partial charge in [0.05, 0.1) is 18.2 Å². The van der Waals surface area contributed by atoms with E-state index in [4.69, 9.17) is 14.7 Å². The standard InChI is InChI=1S/C26H28N4OS/c1-3-20-18-21-25(27-24(28-26(21)32-20)17-19-9-5-4-6-10-19)30-15-13-29(14-16-30)22-11-7-8-12-23(22)31-2/h4-12,18H,3,13-17H2,1-2H3. The molecule has 1 aliphatic heterocycles. The van der Waals surface area contributed by atoms with Gasteiger partial charge < -0.3 is 14.5 Å². The molecular weight excluding hydrogens is 416 g/mol. The molecule has 2 aromatic heterocycles. The number of hydrogen-bond donors (Lipinski definition) is 0. The summed E-state index contributed by atoms with van der Waals surface area (Å²) >= 11 is 1.80. The molecule has 5 nitrogen and oxygen atoms in total. The van der Waals surface area contributed by atoms with Gasteiger partial charge in [-0.1, -0.05) is 49.4 Å². The molecule has 4 aromatic rings. The van der Waals surface area contributed by atoms with Gasteiger partial charge in [-0.3, -0.25) is 0 Å². The summed E-state index contributed by atoms with van der Waals surface area (Å²) in [5, 5.41) is 1.19. The Bertz CT molecular complexity index is 1200. The van der Waals surface area contributed by atoms with Crippen molar-refractivity contribution in [2.45, 2.75) is 19.8 Å². The lowest BCUT2D eigenvalue weighted by Gasteiger charge is -2.37. The summed E-state index contributed by atoms with van der Waals surface area (Å²) < 4.78 is 5.58. The first-order valence-corrected chi connectivity index (χ1v) is 12.0. The van der Waals surface area contributed by atoms with Gasteiger partial charge in [-0.15, -0.1) is 11.3 Å². The van der Waals surface area contributed by atoms with E-state index in [1.807, 2.05) is 18.2 Å². The lowest BCUT2D eigenvalue weighted by molar-refractivity contribution is 0.413. The molecule has 0 spiro atoms. The summed E-state index contributed by atoms with van der Waals surface area (Å²) in [6.45, 7) is 5.92. The van der Waals surface area contributed by atoms with Crippen LogP contribution in [-0.2, 0) is 12.8 Å². The van der Waals surface area contributed by atoms with Crippen molar-refractivity contribution in [3.63, 3.8) is 0 Å². The number of hydrogen-bond acceptors (Lipinski definition) is 6. The number of ether oxygens (including phenoxy) is 1. The van der Waals surface area contributed by atoms with E-state index in [1.165, 1.54) is 15.8 Å². The molecular formula is C26H28N4OS. The zero-order valence-corrected chi connectivity index (χ0v) is 19.4. The molecule has 6 heteroatoms. The molecule has 0 N–H and O–H groups in total. The van der Waals surface area contributed by atoms with Crippen molar-refractivity contribution in [2.75, 3.05) is 43.1 Å². The average molecular weight is 445 g/mol. The third-order valence-electron chi connectivity index (χ3n) is 6.03. The van der Waals surface area contributed by atoms with Crippen LogP contribution in [0.4, 0.5) is 11.5 Å². The molecule has 2 aromatic carbocycles. The molecule has 0 atom stereocenters. The highest BCUT2D eigenvalue weighted by atomic mass is 32.1. The van der Waals surface area contributed by atoms with Crippen LogP contribution < -0.4 is 14.5 Å². The van der Waals surface area contributed by atoms with Gasteiger partial charge in [0.25, 0.3) is 0 Å². The molecule has 3 heterocycles. The predicted octanol–water partition coefficient (Wildman–Crippen LogP) is 5.18. The second-order valence-corrected chi connectivity index (χ2v) is 9.17. The van der Waals surface area contributed by atoms with Crippen LogP contribution in [0.25, 0.3) is 10.2 Å². The smallest absolute Gasteiger partial charge is 0.142 e. The molecule has 32 heavy (non-hydrogen) atoms. The van der Waals surface area contributed by atoms with Gasteiger partial charge in [0.15, 0.2) is 0 Å². The number of thiophene rings is 1. The Hall–Kier alpha value is -3.12. The molecule has 0 amide bonds. The minimum Gasteiger partial charge on any atom is -0.495 e. The molecule has 0 saturated carbocycles. The van der Waals surface area contributed by atoms with Crippen molar-refractivity contribution >= 4 is 33.1 Å². The lowest BCUT2D eigenvalue weighted by atomic mass is 10.1. The van der Waals surface area contributed by atoms with Crippen LogP contribution in [0.15, 0.2) is 60.7 Å². The summed E-state index contributed by atoms with van der Waals surface area (Å²) in [6, 6.07) is 21.0. The maximum atomic E-state index is 5.58. The van der Waals surface area contributed by atoms with E-state index in [-0.39, 0.29) is 0 Å². The molecule has 164 valence electrons. The summed E-state index contributed by atoms with van der Waals surface area (Å²) in [5.41, 5.74) is 2.40. The van der Waals surface area contributed by atoms with Crippen LogP contribution in [0.3, 0.4) is 0 Å². The minimum absolute atomic E-state index is 0.754. The molecule has 1 fully saturated rings. The highest BCUT2D eigenvalue weighted by Crippen LogP contribution is 2.34. The van der Waals surface area contributed by atoms with E-state index in [0.717, 1.165) is 66.9 Å². The number of rotatable bonds is 6. The van der Waals surface area contributed by atoms with Crippen LogP contribution in [0.2, 0.25) is 0 Å². The van der Waals surface area contributed by atoms with Crippen molar-refractivity contribution in [3.8, 4) is 5.75 Å². The first-order valence-electron chi connectivity index (χ1n) is 11.2. The zero-order chi connectivity index (χ0) is 21.9. The highest BCUT2D eigenvalue weighted by molar-refractivity contribution is 7.18. The second-order valence-electron chi connectivity index (χ2n) is 8.06. The number of piperazine rings is 1. The van der Waals surface area contributed by atoms with E-state index in [9.17, 15) is 0 Å². The average Bonchev–Trinajstić information content (AvgIpc) is 3.27. The van der Waals surface area contributed by atoms with Crippen LogP contribution in [0.1, 0.15) is 23.2 Å². The number of nitrogens with zero attached hydrogens (tertiary/aromatic N) is 4. The van der Waals surface area contributed by atoms with Gasteiger partial charge in [0.1, 0.15) is 22.2 Å². The third kappa shape index (κ3) is 4.15. The predicted molar refractivity (Wildman–Crippen MR) is 133 cm³/mol. The number of aromatic nitrogens is 2. The van der Waals surface area contributed by atoms with Crippen molar-refractivity contribution in [1.82, 2.24) is 9.97 Å². The van der Waals surface area contributed by atoms with Gasteiger partial charge in [0, 0.05) is 37.5 Å². The largest absolute Gasteiger partial charge is 0.495 e. The first-order chi connectivity index (χ1) is 15.7. The Labute approximate surface area is 193 Å². The number of aryl methyl sites for hydroxylation is 1. The number of para-hydroxylation sites is 2. The van der Waals surface area contributed by atoms with E-state index in [2.05, 4.69) is 59.2 Å². The van der Waals surface area contributed by atoms with Gasteiger partial charge in [-0.25, -0.2) is 9.97 Å². The quantitative estimate of drug-likeness (QED) is 0.410. The van der Waals surface area contributed by atoms with Crippen LogP contribution in [0, 0.1) is 0 Å². The fourth-order valence-corrected chi connectivity index (χ4v) is 5.30. The van der Waals surface area contributed by atoms with Gasteiger partial charge in [-0.2, -0.15) is 0 Å². The highest BCUT2D eigenvalue weighted by Gasteiger charge is 2.23. The summed E-state index contributed by atoms with van der Waals surface area (Å²) in [7, 11) is 1.74. The number of fused-ring (bicyclic) bond motifs is 1. The van der Waals surface area contributed by atoms with E-state index < -0.39 is 0 Å². The van der Waals surface area contributed by atoms with Crippen molar-refractivity contribution < 1.29 is 4.74 Å². The Kier molecular flexibility index (Phi) is 5.95. The summed E-state index contributed by atoms with van der Waals surface area (Å²) in [6.07, 6.45) is 1.78. The Morgan fingerprint density at radius 3 is 2.38 bits per heavy atom. The van der Waals surface area contributed by atoms with Gasteiger partial charge in [0.2, 0.25) is 0 Å². The van der Waals surface area contributed by atoms with Gasteiger partial charge in [-0.05, 0) is 30.2 Å². The van der Waals surface area contributed by atoms with Crippen LogP contribution >= 0.6 is 11.3 Å². The first kappa shape index (κ1) is 20.8. The molecule has 1 aliphatic rings. The van der Waals surface area contributed by atoms with Gasteiger partial charge >= 0.3 is 0 Å². The van der Waals surface area contributed by atoms with Crippen molar-refractivity contribution in [3.05, 3.63) is 76.9 Å². The summed E-state index contributed by atoms with van der Waals surface area (Å²) in [4.78, 5) is 17.3. The van der Waals surface area contributed by atoms with Crippen molar-refractivity contribution in [2.24, 2.45) is 0 Å². The lowest BCUT2D eigenvalue weighted by Crippen LogP contribution is -2.47. The SMILES string of the molecule is CCc1cc2c(N3CCN(c4ccccc4OC)CC3)nc(Cc3ccccc3)nc2s1. The van der Waals surface area contributed by atoms with Crippen molar-refractivity contribution in [1.29, 1.82) is 0 Å². The normalized spacial score (nSPS) is 14.2. The maximum absolute atomic E-state index is 5.58. The number of benzene rings is 2. The van der Waals surface area contributed by atoms with Crippen LogP contribution in [0.5, 0.6) is 5.75 Å². The zero-order valence-electron chi connectivity index (χ0n) is 18.6. The second kappa shape index (κ2) is 9.17. The fraction of sp³-hybridized carbons (Fsp3) is 0.308. The van der Waals surface area contributed by atoms with Crippen LogP contribution in [-0.4, -0.2) is 43.3 Å². The molecule has 5 rings (SSSR count). The Balaban J connectivity index is 1.43. The molecule has 1 saturated heterocycles. The molecule has 0 bridgehead atoms. The van der Waals surface area contributed by atoms with E-state index >= 15 is 0 Å². The Morgan fingerprint density at radius 1 is 0.906 bits per heavy atom. The maximum Gasteiger partial charge on any atom is 0.142 e. The third-order valence-corrected chi connectivity index (χ3v) is 7.20. The minimum atomic E-state index is 0.754. The topological polar surface area (TPSA) is 41.5 Å². The fourth-order valence-electron chi connectivity index (χ4n) is 4.32. The molecule has 0 unspecified atom stereocenters. The number of anilines is 2. The monoisotopic (exact) mass is 444 g/mol. The summed E-state index contributed by atoms with van der Waals surface area (Å²) in [5.74, 6) is 2.91. The van der Waals surface area contributed by atoms with E-state index in [0.29, 0.717) is 0 Å². The van der Waals surface area contributed by atoms with E-state index in [1.54, 1.807) is 18.4 Å². The molecule has 0 aliphatic carbocycles. The molecule has 0 radical (unpaired) electrons. The number of methoxy groups -OCH3 is 1.